The van der Waals surface area contributed by atoms with E-state index in [1.165, 1.54) is 24.8 Å². The standard InChI is InChI=1S/C20H25N5O2/c1-25-17-16(12-22-25)18(26)24-19(23-17)21-13-20(10-4-3-5-11-20)14-6-8-15(27-2)9-7-14/h6-9,12H,3-5,10-11,13H2,1-2H3,(H2,21,23,24,26). The normalized spacial score (nSPS) is 16.4. The summed E-state index contributed by atoms with van der Waals surface area (Å²) in [4.78, 5) is 19.7. The number of nitrogens with one attached hydrogen (secondary N) is 2. The van der Waals surface area contributed by atoms with E-state index in [1.807, 2.05) is 12.1 Å². The van der Waals surface area contributed by atoms with E-state index >= 15 is 0 Å². The van der Waals surface area contributed by atoms with Crippen molar-refractivity contribution < 1.29 is 4.74 Å². The third kappa shape index (κ3) is 3.29. The first-order valence-corrected chi connectivity index (χ1v) is 9.42. The third-order valence-electron chi connectivity index (χ3n) is 5.71. The van der Waals surface area contributed by atoms with Gasteiger partial charge in [0.25, 0.3) is 5.56 Å². The molecule has 4 rings (SSSR count). The molecular formula is C20H25N5O2. The maximum Gasteiger partial charge on any atom is 0.263 e. The van der Waals surface area contributed by atoms with Crippen molar-refractivity contribution in [3.8, 4) is 5.75 Å². The summed E-state index contributed by atoms with van der Waals surface area (Å²) in [6.07, 6.45) is 7.46. The lowest BCUT2D eigenvalue weighted by Crippen LogP contribution is -2.37. The summed E-state index contributed by atoms with van der Waals surface area (Å²) < 4.78 is 6.92. The summed E-state index contributed by atoms with van der Waals surface area (Å²) in [7, 11) is 3.47. The van der Waals surface area contributed by atoms with E-state index in [4.69, 9.17) is 4.74 Å². The number of aryl methyl sites for hydroxylation is 1. The van der Waals surface area contributed by atoms with Crippen LogP contribution in [0.1, 0.15) is 37.7 Å². The van der Waals surface area contributed by atoms with Crippen molar-refractivity contribution in [1.82, 2.24) is 19.7 Å². The van der Waals surface area contributed by atoms with E-state index in [9.17, 15) is 4.79 Å². The minimum absolute atomic E-state index is 0.0322. The molecule has 0 spiro atoms. The largest absolute Gasteiger partial charge is 0.497 e. The lowest BCUT2D eigenvalue weighted by atomic mass is 9.69. The van der Waals surface area contributed by atoms with Crippen LogP contribution in [0.15, 0.2) is 35.3 Å². The molecule has 2 heterocycles. The van der Waals surface area contributed by atoms with Crippen LogP contribution in [0.5, 0.6) is 5.75 Å². The topological polar surface area (TPSA) is 84.8 Å². The molecule has 1 fully saturated rings. The molecule has 142 valence electrons. The molecule has 1 saturated carbocycles. The summed E-state index contributed by atoms with van der Waals surface area (Å²) in [6.45, 7) is 0.728. The van der Waals surface area contributed by atoms with Crippen LogP contribution in [0.2, 0.25) is 0 Å². The highest BCUT2D eigenvalue weighted by Crippen LogP contribution is 2.40. The fourth-order valence-corrected chi connectivity index (χ4v) is 4.11. The first-order chi connectivity index (χ1) is 13.1. The Bertz CT molecular complexity index is 984. The van der Waals surface area contributed by atoms with Crippen molar-refractivity contribution in [3.05, 3.63) is 46.4 Å². The number of hydrogen-bond acceptors (Lipinski definition) is 5. The number of ether oxygens (including phenoxy) is 1. The van der Waals surface area contributed by atoms with Gasteiger partial charge in [-0.15, -0.1) is 0 Å². The molecule has 1 aliphatic rings. The van der Waals surface area contributed by atoms with Crippen molar-refractivity contribution in [2.24, 2.45) is 7.05 Å². The van der Waals surface area contributed by atoms with Crippen LogP contribution in [-0.4, -0.2) is 33.4 Å². The van der Waals surface area contributed by atoms with Crippen LogP contribution in [-0.2, 0) is 12.5 Å². The molecule has 1 aromatic carbocycles. The maximum atomic E-state index is 12.3. The SMILES string of the molecule is COc1ccc(C2(CNc3nc4c(cnn4C)c(=O)[nH]3)CCCCC2)cc1. The quantitative estimate of drug-likeness (QED) is 0.724. The maximum absolute atomic E-state index is 12.3. The summed E-state index contributed by atoms with van der Waals surface area (Å²) in [5.74, 6) is 1.36. The predicted molar refractivity (Wildman–Crippen MR) is 105 cm³/mol. The number of hydrogen-bond donors (Lipinski definition) is 2. The van der Waals surface area contributed by atoms with Crippen LogP contribution in [0, 0.1) is 0 Å². The lowest BCUT2D eigenvalue weighted by molar-refractivity contribution is 0.307. The fourth-order valence-electron chi connectivity index (χ4n) is 4.11. The molecule has 0 bridgehead atoms. The average Bonchev–Trinajstić information content (AvgIpc) is 3.09. The van der Waals surface area contributed by atoms with Crippen LogP contribution in [0.25, 0.3) is 11.0 Å². The molecule has 3 aromatic rings. The lowest BCUT2D eigenvalue weighted by Gasteiger charge is -2.38. The zero-order valence-electron chi connectivity index (χ0n) is 15.8. The van der Waals surface area contributed by atoms with Gasteiger partial charge in [-0.3, -0.25) is 14.5 Å². The molecular weight excluding hydrogens is 342 g/mol. The summed E-state index contributed by atoms with van der Waals surface area (Å²) in [5.41, 5.74) is 1.76. The number of rotatable bonds is 5. The van der Waals surface area contributed by atoms with Gasteiger partial charge in [-0.25, -0.2) is 0 Å². The van der Waals surface area contributed by atoms with Gasteiger partial charge in [-0.1, -0.05) is 31.4 Å². The summed E-state index contributed by atoms with van der Waals surface area (Å²) >= 11 is 0. The van der Waals surface area contributed by atoms with E-state index in [2.05, 4.69) is 32.5 Å². The monoisotopic (exact) mass is 367 g/mol. The minimum atomic E-state index is -0.169. The zero-order valence-corrected chi connectivity index (χ0v) is 15.8. The molecule has 0 atom stereocenters. The van der Waals surface area contributed by atoms with Crippen molar-refractivity contribution >= 4 is 17.0 Å². The molecule has 0 amide bonds. The van der Waals surface area contributed by atoms with Gasteiger partial charge in [0.05, 0.1) is 13.3 Å². The van der Waals surface area contributed by atoms with E-state index in [1.54, 1.807) is 25.0 Å². The first kappa shape index (κ1) is 17.6. The smallest absolute Gasteiger partial charge is 0.263 e. The Morgan fingerprint density at radius 2 is 1.96 bits per heavy atom. The number of benzene rings is 1. The number of nitrogens with zero attached hydrogens (tertiary/aromatic N) is 3. The Balaban J connectivity index is 1.62. The van der Waals surface area contributed by atoms with E-state index in [0.717, 1.165) is 25.1 Å². The van der Waals surface area contributed by atoms with E-state index < -0.39 is 0 Å². The number of fused-ring (bicyclic) bond motifs is 1. The second-order valence-corrected chi connectivity index (χ2v) is 7.34. The Kier molecular flexibility index (Phi) is 4.59. The molecule has 7 heteroatoms. The van der Waals surface area contributed by atoms with Crippen LogP contribution in [0.3, 0.4) is 0 Å². The molecule has 27 heavy (non-hydrogen) atoms. The van der Waals surface area contributed by atoms with Crippen molar-refractivity contribution in [1.29, 1.82) is 0 Å². The van der Waals surface area contributed by atoms with Crippen molar-refractivity contribution in [2.45, 2.75) is 37.5 Å². The zero-order chi connectivity index (χ0) is 18.9. The van der Waals surface area contributed by atoms with E-state index in [0.29, 0.717) is 17.0 Å². The number of H-pyrrole nitrogens is 1. The molecule has 2 aromatic heterocycles. The highest BCUT2D eigenvalue weighted by Gasteiger charge is 2.34. The Hall–Kier alpha value is -2.83. The van der Waals surface area contributed by atoms with E-state index in [-0.39, 0.29) is 11.0 Å². The Labute approximate surface area is 157 Å². The second-order valence-electron chi connectivity index (χ2n) is 7.34. The van der Waals surface area contributed by atoms with Gasteiger partial charge in [0.15, 0.2) is 5.65 Å². The summed E-state index contributed by atoms with van der Waals surface area (Å²) in [5, 5.41) is 8.02. The first-order valence-electron chi connectivity index (χ1n) is 9.42. The molecule has 1 aliphatic carbocycles. The van der Waals surface area contributed by atoms with Gasteiger partial charge < -0.3 is 10.1 Å². The van der Waals surface area contributed by atoms with Gasteiger partial charge in [-0.2, -0.15) is 10.1 Å². The Morgan fingerprint density at radius 3 is 2.67 bits per heavy atom. The van der Waals surface area contributed by atoms with Crippen LogP contribution >= 0.6 is 0 Å². The van der Waals surface area contributed by atoms with Gasteiger partial charge in [0.1, 0.15) is 11.1 Å². The fraction of sp³-hybridized carbons (Fsp3) is 0.450. The average molecular weight is 367 g/mol. The minimum Gasteiger partial charge on any atom is -0.497 e. The molecule has 0 aliphatic heterocycles. The number of anilines is 1. The molecule has 0 radical (unpaired) electrons. The van der Waals surface area contributed by atoms with Gasteiger partial charge in [-0.05, 0) is 30.5 Å². The molecule has 0 unspecified atom stereocenters. The molecule has 2 N–H and O–H groups in total. The van der Waals surface area contributed by atoms with Crippen LogP contribution < -0.4 is 15.6 Å². The predicted octanol–water partition coefficient (Wildman–Crippen LogP) is 2.98. The summed E-state index contributed by atoms with van der Waals surface area (Å²) in [6, 6.07) is 8.36. The third-order valence-corrected chi connectivity index (χ3v) is 5.71. The molecule has 0 saturated heterocycles. The van der Waals surface area contributed by atoms with Crippen molar-refractivity contribution in [2.75, 3.05) is 19.0 Å². The highest BCUT2D eigenvalue weighted by atomic mass is 16.5. The Morgan fingerprint density at radius 1 is 1.22 bits per heavy atom. The number of aromatic nitrogens is 4. The molecule has 7 nitrogen and oxygen atoms in total. The van der Waals surface area contributed by atoms with Gasteiger partial charge in [0.2, 0.25) is 5.95 Å². The van der Waals surface area contributed by atoms with Gasteiger partial charge >= 0.3 is 0 Å². The number of methoxy groups -OCH3 is 1. The van der Waals surface area contributed by atoms with Gasteiger partial charge in [0, 0.05) is 19.0 Å². The highest BCUT2D eigenvalue weighted by molar-refractivity contribution is 5.74. The van der Waals surface area contributed by atoms with Crippen LogP contribution in [0.4, 0.5) is 5.95 Å². The second kappa shape index (κ2) is 7.06. The number of aromatic amines is 1. The van der Waals surface area contributed by atoms with Crippen molar-refractivity contribution in [3.63, 3.8) is 0 Å².